The van der Waals surface area contributed by atoms with E-state index in [1.807, 2.05) is 12.4 Å². The lowest BCUT2D eigenvalue weighted by Crippen LogP contribution is -2.08. The molecule has 0 saturated heterocycles. The second kappa shape index (κ2) is 6.15. The highest BCUT2D eigenvalue weighted by molar-refractivity contribution is 7.07. The largest absolute Gasteiger partial charge is 0.369 e. The van der Waals surface area contributed by atoms with E-state index in [-0.39, 0.29) is 0 Å². The Morgan fingerprint density at radius 1 is 1.24 bits per heavy atom. The predicted octanol–water partition coefficient (Wildman–Crippen LogP) is 2.02. The molecule has 0 aliphatic rings. The van der Waals surface area contributed by atoms with Gasteiger partial charge in [-0.15, -0.1) is 11.3 Å². The minimum Gasteiger partial charge on any atom is -0.369 e. The third-order valence-corrected chi connectivity index (χ3v) is 2.80. The van der Waals surface area contributed by atoms with Crippen LogP contribution in [-0.4, -0.2) is 28.0 Å². The van der Waals surface area contributed by atoms with Gasteiger partial charge in [-0.1, -0.05) is 0 Å². The van der Waals surface area contributed by atoms with Gasteiger partial charge >= 0.3 is 0 Å². The molecule has 2 rings (SSSR count). The lowest BCUT2D eigenvalue weighted by Gasteiger charge is -2.06. The van der Waals surface area contributed by atoms with Crippen molar-refractivity contribution in [1.29, 1.82) is 0 Å². The fourth-order valence-electron chi connectivity index (χ4n) is 1.40. The first-order valence-corrected chi connectivity index (χ1v) is 6.49. The Bertz CT molecular complexity index is 443. The lowest BCUT2D eigenvalue weighted by atomic mass is 10.3. The fraction of sp³-hybridized carbons (Fsp3) is 0.364. The molecular formula is C11H15N5S. The Hall–Kier alpha value is -1.69. The SMILES string of the molecule is CCNc1cncc(NCCc2cscn2)n1. The molecule has 2 N–H and O–H groups in total. The molecule has 0 atom stereocenters. The monoisotopic (exact) mass is 249 g/mol. The van der Waals surface area contributed by atoms with Gasteiger partial charge in [-0.25, -0.2) is 9.97 Å². The Kier molecular flexibility index (Phi) is 4.26. The number of aromatic nitrogens is 3. The van der Waals surface area contributed by atoms with Crippen molar-refractivity contribution in [3.8, 4) is 0 Å². The number of anilines is 2. The topological polar surface area (TPSA) is 62.7 Å². The van der Waals surface area contributed by atoms with Crippen molar-refractivity contribution in [1.82, 2.24) is 15.0 Å². The normalized spacial score (nSPS) is 10.2. The first kappa shape index (κ1) is 11.8. The summed E-state index contributed by atoms with van der Waals surface area (Å²) in [5.74, 6) is 1.59. The second-order valence-corrected chi connectivity index (χ2v) is 4.20. The molecule has 6 heteroatoms. The van der Waals surface area contributed by atoms with Crippen LogP contribution in [0.25, 0.3) is 0 Å². The molecule has 0 spiro atoms. The zero-order chi connectivity index (χ0) is 11.9. The molecule has 0 aromatic carbocycles. The highest BCUT2D eigenvalue weighted by atomic mass is 32.1. The fourth-order valence-corrected chi connectivity index (χ4v) is 1.99. The van der Waals surface area contributed by atoms with E-state index in [9.17, 15) is 0 Å². The van der Waals surface area contributed by atoms with E-state index in [4.69, 9.17) is 0 Å². The number of hydrogen-bond donors (Lipinski definition) is 2. The minimum absolute atomic E-state index is 0.790. The first-order chi connectivity index (χ1) is 8.38. The number of nitrogens with zero attached hydrogens (tertiary/aromatic N) is 3. The molecule has 0 fully saturated rings. The van der Waals surface area contributed by atoms with Gasteiger partial charge in [0.1, 0.15) is 11.6 Å². The standard InChI is InChI=1S/C11H15N5S/c1-2-13-10-5-12-6-11(16-10)14-4-3-9-7-17-8-15-9/h5-8H,2-4H2,1H3,(H2,13,14,16). The van der Waals surface area contributed by atoms with Gasteiger partial charge in [0, 0.05) is 24.9 Å². The van der Waals surface area contributed by atoms with Crippen molar-refractivity contribution in [2.45, 2.75) is 13.3 Å². The average molecular weight is 249 g/mol. The lowest BCUT2D eigenvalue weighted by molar-refractivity contribution is 0.963. The minimum atomic E-state index is 0.790. The maximum Gasteiger partial charge on any atom is 0.146 e. The Balaban J connectivity index is 1.84. The van der Waals surface area contributed by atoms with Crippen molar-refractivity contribution in [2.75, 3.05) is 23.7 Å². The Morgan fingerprint density at radius 3 is 2.76 bits per heavy atom. The average Bonchev–Trinajstić information content (AvgIpc) is 2.83. The molecule has 0 saturated carbocycles. The van der Waals surface area contributed by atoms with Gasteiger partial charge in [0.2, 0.25) is 0 Å². The van der Waals surface area contributed by atoms with E-state index < -0.39 is 0 Å². The summed E-state index contributed by atoms with van der Waals surface area (Å²) in [5.41, 5.74) is 2.96. The van der Waals surface area contributed by atoms with E-state index in [2.05, 4.69) is 31.0 Å². The molecule has 0 aliphatic carbocycles. The summed E-state index contributed by atoms with van der Waals surface area (Å²) in [6.45, 7) is 3.69. The van der Waals surface area contributed by atoms with Crippen LogP contribution in [0, 0.1) is 0 Å². The van der Waals surface area contributed by atoms with Gasteiger partial charge in [-0.3, -0.25) is 4.98 Å². The highest BCUT2D eigenvalue weighted by Gasteiger charge is 1.98. The van der Waals surface area contributed by atoms with Crippen LogP contribution in [0.2, 0.25) is 0 Å². The Morgan fingerprint density at radius 2 is 2.06 bits per heavy atom. The summed E-state index contributed by atoms with van der Waals surface area (Å²) >= 11 is 1.62. The number of rotatable bonds is 6. The third kappa shape index (κ3) is 3.67. The molecule has 90 valence electrons. The van der Waals surface area contributed by atoms with E-state index in [0.717, 1.165) is 36.8 Å². The van der Waals surface area contributed by atoms with Crippen LogP contribution in [0.15, 0.2) is 23.3 Å². The molecule has 17 heavy (non-hydrogen) atoms. The Labute approximate surface area is 104 Å². The van der Waals surface area contributed by atoms with Crippen LogP contribution in [-0.2, 0) is 6.42 Å². The molecule has 0 unspecified atom stereocenters. The molecule has 2 aromatic rings. The van der Waals surface area contributed by atoms with Crippen LogP contribution in [0.4, 0.5) is 11.6 Å². The van der Waals surface area contributed by atoms with Gasteiger partial charge in [0.15, 0.2) is 0 Å². The van der Waals surface area contributed by atoms with Crippen molar-refractivity contribution in [2.24, 2.45) is 0 Å². The van der Waals surface area contributed by atoms with Gasteiger partial charge in [-0.05, 0) is 6.92 Å². The van der Waals surface area contributed by atoms with Crippen LogP contribution >= 0.6 is 11.3 Å². The zero-order valence-corrected chi connectivity index (χ0v) is 10.5. The van der Waals surface area contributed by atoms with E-state index >= 15 is 0 Å². The maximum absolute atomic E-state index is 4.38. The van der Waals surface area contributed by atoms with E-state index in [0.29, 0.717) is 0 Å². The molecule has 0 radical (unpaired) electrons. The second-order valence-electron chi connectivity index (χ2n) is 3.48. The zero-order valence-electron chi connectivity index (χ0n) is 9.68. The predicted molar refractivity (Wildman–Crippen MR) is 70.5 cm³/mol. The molecule has 2 heterocycles. The van der Waals surface area contributed by atoms with Crippen LogP contribution < -0.4 is 10.6 Å². The van der Waals surface area contributed by atoms with Crippen LogP contribution in [0.1, 0.15) is 12.6 Å². The summed E-state index contributed by atoms with van der Waals surface area (Å²) < 4.78 is 0. The van der Waals surface area contributed by atoms with Gasteiger partial charge in [0.05, 0.1) is 23.6 Å². The van der Waals surface area contributed by atoms with Gasteiger partial charge in [-0.2, -0.15) is 0 Å². The summed E-state index contributed by atoms with van der Waals surface area (Å²) in [4.78, 5) is 12.7. The van der Waals surface area contributed by atoms with Crippen molar-refractivity contribution in [3.05, 3.63) is 29.0 Å². The van der Waals surface area contributed by atoms with Crippen molar-refractivity contribution < 1.29 is 0 Å². The van der Waals surface area contributed by atoms with Crippen molar-refractivity contribution >= 4 is 23.0 Å². The molecule has 0 bridgehead atoms. The number of nitrogens with one attached hydrogen (secondary N) is 2. The first-order valence-electron chi connectivity index (χ1n) is 5.55. The molecular weight excluding hydrogens is 234 g/mol. The van der Waals surface area contributed by atoms with Crippen molar-refractivity contribution in [3.63, 3.8) is 0 Å². The molecule has 2 aromatic heterocycles. The summed E-state index contributed by atoms with van der Waals surface area (Å²) in [7, 11) is 0. The quantitative estimate of drug-likeness (QED) is 0.820. The summed E-state index contributed by atoms with van der Waals surface area (Å²) in [6, 6.07) is 0. The number of thiazole rings is 1. The van der Waals surface area contributed by atoms with Crippen LogP contribution in [0.5, 0.6) is 0 Å². The van der Waals surface area contributed by atoms with Gasteiger partial charge < -0.3 is 10.6 Å². The maximum atomic E-state index is 4.38. The van der Waals surface area contributed by atoms with Crippen LogP contribution in [0.3, 0.4) is 0 Å². The molecule has 0 amide bonds. The molecule has 5 nitrogen and oxygen atoms in total. The summed E-state index contributed by atoms with van der Waals surface area (Å²) in [5, 5.41) is 8.42. The smallest absolute Gasteiger partial charge is 0.146 e. The van der Waals surface area contributed by atoms with Gasteiger partial charge in [0.25, 0.3) is 0 Å². The molecule has 0 aliphatic heterocycles. The number of hydrogen-bond acceptors (Lipinski definition) is 6. The summed E-state index contributed by atoms with van der Waals surface area (Å²) in [6.07, 6.45) is 4.34. The highest BCUT2D eigenvalue weighted by Crippen LogP contribution is 2.07. The van der Waals surface area contributed by atoms with E-state index in [1.165, 1.54) is 0 Å². The van der Waals surface area contributed by atoms with E-state index in [1.54, 1.807) is 23.7 Å². The third-order valence-electron chi connectivity index (χ3n) is 2.16.